The van der Waals surface area contributed by atoms with E-state index in [1.54, 1.807) is 0 Å². The van der Waals surface area contributed by atoms with Crippen molar-refractivity contribution in [3.8, 4) is 0 Å². The molecule has 1 amide bonds. The fraction of sp³-hybridized carbons (Fsp3) is 0.222. The second kappa shape index (κ2) is 7.75. The van der Waals surface area contributed by atoms with Gasteiger partial charge in [0.15, 0.2) is 5.69 Å². The summed E-state index contributed by atoms with van der Waals surface area (Å²) in [5.41, 5.74) is 3.21. The van der Waals surface area contributed by atoms with Gasteiger partial charge in [0.1, 0.15) is 6.54 Å². The van der Waals surface area contributed by atoms with Gasteiger partial charge in [-0.3, -0.25) is 14.2 Å². The van der Waals surface area contributed by atoms with Gasteiger partial charge in [-0.15, -0.1) is 0 Å². The van der Waals surface area contributed by atoms with Crippen LogP contribution in [0.25, 0.3) is 0 Å². The zero-order chi connectivity index (χ0) is 19.6. The number of benzene rings is 1. The van der Waals surface area contributed by atoms with E-state index in [4.69, 9.17) is 5.11 Å². The van der Waals surface area contributed by atoms with Crippen LogP contribution in [0, 0.1) is 13.8 Å². The summed E-state index contributed by atoms with van der Waals surface area (Å²) in [4.78, 5) is 23.2. The summed E-state index contributed by atoms with van der Waals surface area (Å²) in [6.45, 7) is 4.24. The molecule has 0 aliphatic heterocycles. The summed E-state index contributed by atoms with van der Waals surface area (Å²) in [7, 11) is 0. The van der Waals surface area contributed by atoms with Crippen LogP contribution in [-0.4, -0.2) is 36.5 Å². The van der Waals surface area contributed by atoms with E-state index < -0.39 is 5.97 Å². The topological polar surface area (TPSA) is 102 Å². The largest absolute Gasteiger partial charge is 0.476 e. The first-order valence-electron chi connectivity index (χ1n) is 8.18. The van der Waals surface area contributed by atoms with Crippen LogP contribution < -0.4 is 5.32 Å². The fourth-order valence-electron chi connectivity index (χ4n) is 2.68. The number of nitrogens with zero attached hydrogens (tertiary/aromatic N) is 4. The normalized spacial score (nSPS) is 10.8. The number of nitrogens with one attached hydrogen (secondary N) is 1. The lowest BCUT2D eigenvalue weighted by atomic mass is 10.2. The minimum absolute atomic E-state index is 0.0793. The fourth-order valence-corrected chi connectivity index (χ4v) is 2.95. The predicted octanol–water partition coefficient (Wildman–Crippen LogP) is 2.84. The molecule has 3 rings (SSSR count). The van der Waals surface area contributed by atoms with Crippen molar-refractivity contribution in [3.05, 3.63) is 63.6 Å². The molecule has 0 bridgehead atoms. The molecule has 0 aliphatic rings. The van der Waals surface area contributed by atoms with E-state index >= 15 is 0 Å². The number of halogens is 1. The molecule has 27 heavy (non-hydrogen) atoms. The Morgan fingerprint density at radius 1 is 1.15 bits per heavy atom. The van der Waals surface area contributed by atoms with Crippen LogP contribution in [-0.2, 0) is 17.9 Å². The summed E-state index contributed by atoms with van der Waals surface area (Å²) < 4.78 is 4.14. The Balaban J connectivity index is 1.70. The van der Waals surface area contributed by atoms with Gasteiger partial charge in [0.2, 0.25) is 5.91 Å². The minimum atomic E-state index is -1.13. The molecule has 1 aromatic carbocycles. The lowest BCUT2D eigenvalue weighted by molar-refractivity contribution is -0.116. The first kappa shape index (κ1) is 18.8. The Labute approximate surface area is 163 Å². The third kappa shape index (κ3) is 4.43. The highest BCUT2D eigenvalue weighted by Gasteiger charge is 2.15. The Kier molecular flexibility index (Phi) is 5.41. The van der Waals surface area contributed by atoms with Gasteiger partial charge in [0.25, 0.3) is 0 Å². The predicted molar refractivity (Wildman–Crippen MR) is 103 cm³/mol. The van der Waals surface area contributed by atoms with Gasteiger partial charge in [-0.2, -0.15) is 10.2 Å². The number of hydrogen-bond acceptors (Lipinski definition) is 4. The van der Waals surface area contributed by atoms with E-state index in [1.165, 1.54) is 16.9 Å². The average Bonchev–Trinajstić information content (AvgIpc) is 3.18. The van der Waals surface area contributed by atoms with Crippen molar-refractivity contribution in [2.45, 2.75) is 26.9 Å². The van der Waals surface area contributed by atoms with Gasteiger partial charge in [-0.25, -0.2) is 4.79 Å². The van der Waals surface area contributed by atoms with E-state index in [0.29, 0.717) is 17.9 Å². The van der Waals surface area contributed by atoms with Crippen LogP contribution in [0.15, 0.2) is 41.0 Å². The average molecular weight is 432 g/mol. The third-order valence-electron chi connectivity index (χ3n) is 4.06. The number of amides is 1. The highest BCUT2D eigenvalue weighted by molar-refractivity contribution is 9.10. The summed E-state index contributed by atoms with van der Waals surface area (Å²) in [6.07, 6.45) is 1.46. The van der Waals surface area contributed by atoms with Crippen molar-refractivity contribution in [1.82, 2.24) is 19.6 Å². The number of aromatic carboxylic acids is 1. The zero-order valence-electron chi connectivity index (χ0n) is 14.8. The maximum Gasteiger partial charge on any atom is 0.356 e. The summed E-state index contributed by atoms with van der Waals surface area (Å²) in [6, 6.07) is 9.31. The molecule has 8 nitrogen and oxygen atoms in total. The van der Waals surface area contributed by atoms with Crippen molar-refractivity contribution in [2.24, 2.45) is 0 Å². The second-order valence-electron chi connectivity index (χ2n) is 6.08. The number of hydrogen-bond donors (Lipinski definition) is 2. The molecule has 3 aromatic rings. The highest BCUT2D eigenvalue weighted by Crippen LogP contribution is 2.21. The van der Waals surface area contributed by atoms with E-state index in [9.17, 15) is 9.59 Å². The molecule has 0 atom stereocenters. The van der Waals surface area contributed by atoms with Gasteiger partial charge < -0.3 is 10.4 Å². The Bertz CT molecular complexity index is 991. The van der Waals surface area contributed by atoms with Crippen molar-refractivity contribution >= 4 is 33.5 Å². The van der Waals surface area contributed by atoms with Crippen molar-refractivity contribution in [1.29, 1.82) is 0 Å². The van der Waals surface area contributed by atoms with E-state index in [2.05, 4.69) is 31.4 Å². The quantitative estimate of drug-likeness (QED) is 0.624. The molecular weight excluding hydrogens is 414 g/mol. The first-order chi connectivity index (χ1) is 12.8. The molecule has 0 spiro atoms. The van der Waals surface area contributed by atoms with E-state index in [1.807, 2.05) is 42.8 Å². The van der Waals surface area contributed by atoms with Gasteiger partial charge in [-0.1, -0.05) is 28.1 Å². The number of aryl methyl sites for hydroxylation is 1. The van der Waals surface area contributed by atoms with Crippen LogP contribution in [0.5, 0.6) is 0 Å². The summed E-state index contributed by atoms with van der Waals surface area (Å²) >= 11 is 3.42. The minimum Gasteiger partial charge on any atom is -0.476 e. The highest BCUT2D eigenvalue weighted by atomic mass is 79.9. The standard InChI is InChI=1S/C18H18BrN5O3/c1-11-17(20-16(25)10-23-8-7-15(22-23)18(26)27)12(2)24(21-11)9-13-3-5-14(19)6-4-13/h3-8H,9-10H2,1-2H3,(H,20,25)(H,26,27). The number of rotatable bonds is 6. The number of carbonyl (C=O) groups excluding carboxylic acids is 1. The molecule has 0 aliphatic carbocycles. The number of carboxylic acids is 1. The van der Waals surface area contributed by atoms with Crippen molar-refractivity contribution in [2.75, 3.05) is 5.32 Å². The molecule has 2 N–H and O–H groups in total. The van der Waals surface area contributed by atoms with Crippen molar-refractivity contribution in [3.63, 3.8) is 0 Å². The van der Waals surface area contributed by atoms with Crippen LogP contribution in [0.3, 0.4) is 0 Å². The van der Waals surface area contributed by atoms with Gasteiger partial charge in [-0.05, 0) is 37.6 Å². The Hall–Kier alpha value is -2.94. The maximum atomic E-state index is 12.3. The molecule has 0 unspecified atom stereocenters. The Morgan fingerprint density at radius 3 is 2.48 bits per heavy atom. The molecule has 0 fully saturated rings. The number of carboxylic acid groups (broad SMARTS) is 1. The number of aromatic nitrogens is 4. The molecule has 2 heterocycles. The van der Waals surface area contributed by atoms with E-state index in [-0.39, 0.29) is 18.1 Å². The lowest BCUT2D eigenvalue weighted by Crippen LogP contribution is -2.20. The maximum absolute atomic E-state index is 12.3. The van der Waals surface area contributed by atoms with Crippen LogP contribution in [0.1, 0.15) is 27.4 Å². The molecule has 0 radical (unpaired) electrons. The smallest absolute Gasteiger partial charge is 0.356 e. The summed E-state index contributed by atoms with van der Waals surface area (Å²) in [5.74, 6) is -1.43. The molecular formula is C18H18BrN5O3. The monoisotopic (exact) mass is 431 g/mol. The molecule has 140 valence electrons. The van der Waals surface area contributed by atoms with Gasteiger partial charge in [0, 0.05) is 10.7 Å². The van der Waals surface area contributed by atoms with Crippen LogP contribution in [0.2, 0.25) is 0 Å². The molecule has 0 saturated heterocycles. The first-order valence-corrected chi connectivity index (χ1v) is 8.98. The summed E-state index contributed by atoms with van der Waals surface area (Å²) in [5, 5.41) is 20.1. The number of anilines is 1. The Morgan fingerprint density at radius 2 is 1.85 bits per heavy atom. The molecule has 2 aromatic heterocycles. The van der Waals surface area contributed by atoms with Crippen LogP contribution >= 0.6 is 15.9 Å². The number of carbonyl (C=O) groups is 2. The molecule has 0 saturated carbocycles. The van der Waals surface area contributed by atoms with E-state index in [0.717, 1.165) is 15.7 Å². The van der Waals surface area contributed by atoms with Crippen molar-refractivity contribution < 1.29 is 14.7 Å². The third-order valence-corrected chi connectivity index (χ3v) is 4.59. The SMILES string of the molecule is Cc1nn(Cc2ccc(Br)cc2)c(C)c1NC(=O)Cn1ccc(C(=O)O)n1. The lowest BCUT2D eigenvalue weighted by Gasteiger charge is -2.08. The van der Waals surface area contributed by atoms with Crippen LogP contribution in [0.4, 0.5) is 5.69 Å². The molecule has 9 heteroatoms. The zero-order valence-corrected chi connectivity index (χ0v) is 16.4. The van der Waals surface area contributed by atoms with Gasteiger partial charge in [0.05, 0.1) is 23.6 Å². The van der Waals surface area contributed by atoms with Gasteiger partial charge >= 0.3 is 5.97 Å². The second-order valence-corrected chi connectivity index (χ2v) is 7.00.